The van der Waals surface area contributed by atoms with Gasteiger partial charge in [0.1, 0.15) is 17.0 Å². The molecule has 0 aliphatic carbocycles. The predicted molar refractivity (Wildman–Crippen MR) is 80.7 cm³/mol. The molecule has 2 atom stereocenters. The van der Waals surface area contributed by atoms with Gasteiger partial charge in [0.05, 0.1) is 6.10 Å². The van der Waals surface area contributed by atoms with Gasteiger partial charge in [-0.25, -0.2) is 17.2 Å². The van der Waals surface area contributed by atoms with E-state index in [4.69, 9.17) is 0 Å². The zero-order valence-corrected chi connectivity index (χ0v) is 13.9. The van der Waals surface area contributed by atoms with E-state index in [1.807, 2.05) is 0 Å². The Morgan fingerprint density at radius 2 is 1.96 bits per heavy atom. The standard InChI is InChI=1S/C15H19F2NO5S/c1-2-7-15(14(20)21)9-18(8-6-12(15)19)24(22,23)13-10(16)4-3-5-11(13)17/h3-5,12,19H,2,6-9H2,1H3,(H,20,21)/t12-,15+/m1/s1. The summed E-state index contributed by atoms with van der Waals surface area (Å²) in [5, 5.41) is 19.7. The molecule has 1 aliphatic heterocycles. The Labute approximate surface area is 138 Å². The second-order valence-electron chi connectivity index (χ2n) is 5.91. The summed E-state index contributed by atoms with van der Waals surface area (Å²) in [6.45, 7) is 0.963. The third-order valence-electron chi connectivity index (χ3n) is 4.39. The molecule has 2 N–H and O–H groups in total. The maximum atomic E-state index is 13.9. The fraction of sp³-hybridized carbons (Fsp3) is 0.533. The first-order valence-corrected chi connectivity index (χ1v) is 8.96. The molecule has 1 aromatic carbocycles. The number of carboxylic acid groups (broad SMARTS) is 1. The Bertz CT molecular complexity index is 719. The minimum Gasteiger partial charge on any atom is -0.481 e. The molecule has 0 amide bonds. The van der Waals surface area contributed by atoms with E-state index < -0.39 is 50.6 Å². The quantitative estimate of drug-likeness (QED) is 0.828. The smallest absolute Gasteiger partial charge is 0.313 e. The van der Waals surface area contributed by atoms with Gasteiger partial charge < -0.3 is 10.2 Å². The Morgan fingerprint density at radius 1 is 1.38 bits per heavy atom. The van der Waals surface area contributed by atoms with Gasteiger partial charge in [0.15, 0.2) is 4.90 Å². The highest BCUT2D eigenvalue weighted by Gasteiger charge is 2.51. The molecule has 1 saturated heterocycles. The predicted octanol–water partition coefficient (Wildman–Crippen LogP) is 1.59. The third kappa shape index (κ3) is 3.03. The van der Waals surface area contributed by atoms with E-state index in [2.05, 4.69) is 0 Å². The average molecular weight is 363 g/mol. The van der Waals surface area contributed by atoms with Crippen molar-refractivity contribution in [3.63, 3.8) is 0 Å². The van der Waals surface area contributed by atoms with Crippen LogP contribution in [-0.2, 0) is 14.8 Å². The van der Waals surface area contributed by atoms with Gasteiger partial charge >= 0.3 is 5.97 Å². The Kier molecular flexibility index (Phi) is 5.26. The summed E-state index contributed by atoms with van der Waals surface area (Å²) < 4.78 is 53.7. The molecule has 9 heteroatoms. The van der Waals surface area contributed by atoms with E-state index in [-0.39, 0.29) is 19.4 Å². The summed E-state index contributed by atoms with van der Waals surface area (Å²) in [5.41, 5.74) is -1.69. The van der Waals surface area contributed by atoms with Gasteiger partial charge in [-0.2, -0.15) is 4.31 Å². The highest BCUT2D eigenvalue weighted by molar-refractivity contribution is 7.89. The number of aliphatic hydroxyl groups excluding tert-OH is 1. The van der Waals surface area contributed by atoms with Crippen molar-refractivity contribution in [2.45, 2.75) is 37.2 Å². The molecule has 0 aromatic heterocycles. The lowest BCUT2D eigenvalue weighted by Crippen LogP contribution is -2.57. The summed E-state index contributed by atoms with van der Waals surface area (Å²) in [7, 11) is -4.56. The lowest BCUT2D eigenvalue weighted by Gasteiger charge is -2.42. The van der Waals surface area contributed by atoms with Crippen LogP contribution in [0.4, 0.5) is 8.78 Å². The molecule has 0 spiro atoms. The molecule has 1 fully saturated rings. The summed E-state index contributed by atoms with van der Waals surface area (Å²) >= 11 is 0. The highest BCUT2D eigenvalue weighted by Crippen LogP contribution is 2.38. The van der Waals surface area contributed by atoms with Gasteiger partial charge in [0.2, 0.25) is 10.0 Å². The monoisotopic (exact) mass is 363 g/mol. The number of carbonyl (C=O) groups is 1. The molecule has 2 rings (SSSR count). The van der Waals surface area contributed by atoms with Gasteiger partial charge in [-0.05, 0) is 25.0 Å². The minimum atomic E-state index is -4.56. The molecule has 0 saturated carbocycles. The minimum absolute atomic E-state index is 0.0509. The van der Waals surface area contributed by atoms with Crippen molar-refractivity contribution in [3.05, 3.63) is 29.8 Å². The summed E-state index contributed by atoms with van der Waals surface area (Å²) in [5.74, 6) is -3.80. The van der Waals surface area contributed by atoms with Crippen molar-refractivity contribution >= 4 is 16.0 Å². The number of aliphatic hydroxyl groups is 1. The van der Waals surface area contributed by atoms with Crippen LogP contribution in [0.3, 0.4) is 0 Å². The summed E-state index contributed by atoms with van der Waals surface area (Å²) in [6.07, 6.45) is -0.894. The van der Waals surface area contributed by atoms with Crippen LogP contribution in [0.1, 0.15) is 26.2 Å². The molecule has 24 heavy (non-hydrogen) atoms. The molecule has 1 aromatic rings. The molecular formula is C15H19F2NO5S. The molecule has 1 heterocycles. The normalized spacial score (nSPS) is 25.6. The second-order valence-corrected chi connectivity index (χ2v) is 7.78. The van der Waals surface area contributed by atoms with E-state index in [1.54, 1.807) is 6.92 Å². The van der Waals surface area contributed by atoms with Crippen LogP contribution in [0.15, 0.2) is 23.1 Å². The first-order valence-electron chi connectivity index (χ1n) is 7.52. The number of nitrogens with zero attached hydrogens (tertiary/aromatic N) is 1. The number of halogens is 2. The Hall–Kier alpha value is -1.58. The van der Waals surface area contributed by atoms with E-state index >= 15 is 0 Å². The Balaban J connectivity index is 2.47. The first-order chi connectivity index (χ1) is 11.2. The van der Waals surface area contributed by atoms with Gasteiger partial charge in [0, 0.05) is 13.1 Å². The molecular weight excluding hydrogens is 344 g/mol. The zero-order valence-electron chi connectivity index (χ0n) is 13.1. The average Bonchev–Trinajstić information content (AvgIpc) is 2.48. The number of aliphatic carboxylic acids is 1. The number of piperidine rings is 1. The molecule has 134 valence electrons. The summed E-state index contributed by atoms with van der Waals surface area (Å²) in [4.78, 5) is 10.6. The summed E-state index contributed by atoms with van der Waals surface area (Å²) in [6, 6.07) is 2.69. The highest BCUT2D eigenvalue weighted by atomic mass is 32.2. The maximum Gasteiger partial charge on any atom is 0.313 e. The maximum absolute atomic E-state index is 13.9. The number of hydrogen-bond acceptors (Lipinski definition) is 4. The van der Waals surface area contributed by atoms with Crippen LogP contribution in [0.2, 0.25) is 0 Å². The fourth-order valence-corrected chi connectivity index (χ4v) is 4.75. The molecule has 0 radical (unpaired) electrons. The number of rotatable bonds is 5. The topological polar surface area (TPSA) is 94.9 Å². The van der Waals surface area contributed by atoms with Crippen LogP contribution in [0.25, 0.3) is 0 Å². The van der Waals surface area contributed by atoms with Crippen molar-refractivity contribution in [1.82, 2.24) is 4.31 Å². The van der Waals surface area contributed by atoms with Crippen molar-refractivity contribution in [2.24, 2.45) is 5.41 Å². The second kappa shape index (κ2) is 6.73. The number of benzene rings is 1. The van der Waals surface area contributed by atoms with Crippen molar-refractivity contribution in [3.8, 4) is 0 Å². The third-order valence-corrected chi connectivity index (χ3v) is 6.28. The van der Waals surface area contributed by atoms with Gasteiger partial charge in [0.25, 0.3) is 0 Å². The van der Waals surface area contributed by atoms with Gasteiger partial charge in [-0.15, -0.1) is 0 Å². The van der Waals surface area contributed by atoms with E-state index in [9.17, 15) is 32.2 Å². The van der Waals surface area contributed by atoms with Gasteiger partial charge in [-0.3, -0.25) is 4.79 Å². The Morgan fingerprint density at radius 3 is 2.46 bits per heavy atom. The first kappa shape index (κ1) is 18.8. The molecule has 0 unspecified atom stereocenters. The van der Waals surface area contributed by atoms with Crippen LogP contribution in [0.5, 0.6) is 0 Å². The lowest BCUT2D eigenvalue weighted by molar-refractivity contribution is -0.161. The van der Waals surface area contributed by atoms with Crippen molar-refractivity contribution in [1.29, 1.82) is 0 Å². The van der Waals surface area contributed by atoms with Crippen LogP contribution >= 0.6 is 0 Å². The zero-order chi connectivity index (χ0) is 18.1. The fourth-order valence-electron chi connectivity index (χ4n) is 3.11. The SMILES string of the molecule is CCC[C@]1(C(=O)O)CN(S(=O)(=O)c2c(F)cccc2F)CC[C@H]1O. The van der Waals surface area contributed by atoms with E-state index in [0.717, 1.165) is 22.5 Å². The van der Waals surface area contributed by atoms with E-state index in [1.165, 1.54) is 0 Å². The van der Waals surface area contributed by atoms with Crippen LogP contribution < -0.4 is 0 Å². The van der Waals surface area contributed by atoms with Crippen LogP contribution in [-0.4, -0.2) is 48.1 Å². The number of sulfonamides is 1. The van der Waals surface area contributed by atoms with Crippen molar-refractivity contribution in [2.75, 3.05) is 13.1 Å². The van der Waals surface area contributed by atoms with Crippen molar-refractivity contribution < 1.29 is 32.2 Å². The number of hydrogen-bond donors (Lipinski definition) is 2. The van der Waals surface area contributed by atoms with Gasteiger partial charge in [-0.1, -0.05) is 19.4 Å². The van der Waals surface area contributed by atoms with E-state index in [0.29, 0.717) is 6.42 Å². The number of carboxylic acids is 1. The molecule has 0 bridgehead atoms. The molecule has 6 nitrogen and oxygen atoms in total. The van der Waals surface area contributed by atoms with Crippen LogP contribution in [0, 0.1) is 17.0 Å². The lowest BCUT2D eigenvalue weighted by atomic mass is 9.74. The molecule has 1 aliphatic rings. The largest absolute Gasteiger partial charge is 0.481 e.